The van der Waals surface area contributed by atoms with Crippen LogP contribution in [-0.2, 0) is 4.79 Å². The van der Waals surface area contributed by atoms with Crippen LogP contribution in [0, 0.1) is 5.95 Å². The Morgan fingerprint density at radius 2 is 2.50 bits per heavy atom. The number of hydrogen-bond acceptors (Lipinski definition) is 2. The second kappa shape index (κ2) is 2.91. The van der Waals surface area contributed by atoms with Gasteiger partial charge >= 0.3 is 6.41 Å². The van der Waals surface area contributed by atoms with Crippen molar-refractivity contribution in [2.45, 2.75) is 0 Å². The molecule has 0 aromatic carbocycles. The molecule has 3 nitrogen and oxygen atoms in total. The Bertz CT molecular complexity index is 239. The second-order valence-electron chi connectivity index (χ2n) is 1.57. The monoisotopic (exact) mass is 139 g/mol. The van der Waals surface area contributed by atoms with Crippen molar-refractivity contribution in [3.63, 3.8) is 0 Å². The van der Waals surface area contributed by atoms with Crippen molar-refractivity contribution in [2.24, 2.45) is 0 Å². The fourth-order valence-electron chi connectivity index (χ4n) is 0.534. The summed E-state index contributed by atoms with van der Waals surface area (Å²) < 4.78 is 12.4. The number of halogens is 1. The molecule has 51 valence electrons. The summed E-state index contributed by atoms with van der Waals surface area (Å²) in [6, 6.07) is 2.91. The fourth-order valence-corrected chi connectivity index (χ4v) is 0.534. The van der Waals surface area contributed by atoms with Crippen LogP contribution in [0.5, 0.6) is 0 Å². The highest BCUT2D eigenvalue weighted by atomic mass is 19.1. The van der Waals surface area contributed by atoms with E-state index in [1.807, 2.05) is 5.32 Å². The molecule has 1 N–H and O–H groups in total. The maximum atomic E-state index is 12.4. The Morgan fingerprint density at radius 1 is 1.70 bits per heavy atom. The third-order valence-electron chi connectivity index (χ3n) is 0.945. The highest BCUT2D eigenvalue weighted by Crippen LogP contribution is 2.07. The van der Waals surface area contributed by atoms with Crippen molar-refractivity contribution in [3.05, 3.63) is 24.3 Å². The summed E-state index contributed by atoms with van der Waals surface area (Å²) in [7, 11) is 0. The number of hydrogen-bond donors (Lipinski definition) is 1. The molecule has 0 bridgehead atoms. The van der Waals surface area contributed by atoms with Gasteiger partial charge in [0.05, 0.1) is 5.69 Å². The molecule has 0 fully saturated rings. The summed E-state index contributed by atoms with van der Waals surface area (Å²) >= 11 is 0. The van der Waals surface area contributed by atoms with Gasteiger partial charge in [-0.3, -0.25) is 4.79 Å². The number of nitrogens with zero attached hydrogens (tertiary/aromatic N) is 1. The van der Waals surface area contributed by atoms with Gasteiger partial charge in [0.15, 0.2) is 0 Å². The Labute approximate surface area is 56.9 Å². The first-order valence-electron chi connectivity index (χ1n) is 2.58. The molecule has 0 aliphatic rings. The fraction of sp³-hybridized carbons (Fsp3) is 0. The van der Waals surface area contributed by atoms with Crippen LogP contribution in [0.1, 0.15) is 0 Å². The van der Waals surface area contributed by atoms with E-state index < -0.39 is 5.95 Å². The number of anilines is 1. The van der Waals surface area contributed by atoms with Crippen LogP contribution < -0.4 is 5.32 Å². The Balaban J connectivity index is 2.91. The molecule has 0 atom stereocenters. The average molecular weight is 139 g/mol. The van der Waals surface area contributed by atoms with Gasteiger partial charge < -0.3 is 5.32 Å². The molecule has 1 rings (SSSR count). The lowest BCUT2D eigenvalue weighted by Gasteiger charge is -1.95. The summed E-state index contributed by atoms with van der Waals surface area (Å²) in [5, 5.41) is 2.03. The smallest absolute Gasteiger partial charge is 0.314 e. The molecule has 4 heteroatoms. The van der Waals surface area contributed by atoms with Gasteiger partial charge in [-0.15, -0.1) is 0 Å². The predicted molar refractivity (Wildman–Crippen MR) is 33.5 cm³/mol. The van der Waals surface area contributed by atoms with Gasteiger partial charge in [-0.05, 0) is 12.1 Å². The highest BCUT2D eigenvalue weighted by molar-refractivity contribution is 5.71. The lowest BCUT2D eigenvalue weighted by Crippen LogP contribution is -1.97. The first kappa shape index (κ1) is 6.67. The average Bonchev–Trinajstić information content (AvgIpc) is 1.94. The van der Waals surface area contributed by atoms with E-state index in [-0.39, 0.29) is 5.69 Å². The van der Waals surface area contributed by atoms with Crippen molar-refractivity contribution in [3.8, 4) is 0 Å². The standard InChI is InChI=1S/C6H4FN2O/c7-6-5(9-4-10)2-1-3-8-6/h1-3H,(H,9,10). The van der Waals surface area contributed by atoms with Crippen LogP contribution in [0.25, 0.3) is 0 Å². The lowest BCUT2D eigenvalue weighted by atomic mass is 10.4. The first-order chi connectivity index (χ1) is 4.84. The molecule has 10 heavy (non-hydrogen) atoms. The number of nitrogens with one attached hydrogen (secondary N) is 1. The lowest BCUT2D eigenvalue weighted by molar-refractivity contribution is 0.558. The molecule has 0 saturated heterocycles. The number of rotatable bonds is 2. The largest absolute Gasteiger partial charge is 0.314 e. The van der Waals surface area contributed by atoms with Gasteiger partial charge in [0.2, 0.25) is 5.95 Å². The molecule has 1 aromatic rings. The minimum Gasteiger partial charge on any atom is -0.314 e. The normalized spacial score (nSPS) is 8.90. The van der Waals surface area contributed by atoms with E-state index >= 15 is 0 Å². The molecular weight excluding hydrogens is 135 g/mol. The Morgan fingerprint density at radius 3 is 3.10 bits per heavy atom. The van der Waals surface area contributed by atoms with Crippen molar-refractivity contribution in [1.29, 1.82) is 0 Å². The van der Waals surface area contributed by atoms with E-state index in [9.17, 15) is 9.18 Å². The topological polar surface area (TPSA) is 42.0 Å². The zero-order chi connectivity index (χ0) is 7.40. The van der Waals surface area contributed by atoms with E-state index in [4.69, 9.17) is 0 Å². The zero-order valence-electron chi connectivity index (χ0n) is 4.97. The van der Waals surface area contributed by atoms with Crippen molar-refractivity contribution in [2.75, 3.05) is 5.32 Å². The SMILES string of the molecule is O=[C]Nc1cccnc1F. The number of pyridine rings is 1. The molecule has 0 saturated carbocycles. The van der Waals surface area contributed by atoms with E-state index in [1.165, 1.54) is 24.7 Å². The molecule has 0 spiro atoms. The van der Waals surface area contributed by atoms with E-state index in [0.29, 0.717) is 0 Å². The predicted octanol–water partition coefficient (Wildman–Crippen LogP) is 0.700. The summed E-state index contributed by atoms with van der Waals surface area (Å²) in [6.07, 6.45) is 2.64. The van der Waals surface area contributed by atoms with Crippen LogP contribution in [0.2, 0.25) is 0 Å². The summed E-state index contributed by atoms with van der Waals surface area (Å²) in [4.78, 5) is 13.0. The Hall–Kier alpha value is -1.45. The zero-order valence-corrected chi connectivity index (χ0v) is 4.97. The highest BCUT2D eigenvalue weighted by Gasteiger charge is 1.98. The number of aromatic nitrogens is 1. The van der Waals surface area contributed by atoms with Crippen LogP contribution in [0.15, 0.2) is 18.3 Å². The third-order valence-corrected chi connectivity index (χ3v) is 0.945. The van der Waals surface area contributed by atoms with Gasteiger partial charge in [-0.2, -0.15) is 4.39 Å². The van der Waals surface area contributed by atoms with E-state index in [0.717, 1.165) is 0 Å². The summed E-state index contributed by atoms with van der Waals surface area (Å²) in [5.41, 5.74) is 0.0394. The first-order valence-corrected chi connectivity index (χ1v) is 2.58. The van der Waals surface area contributed by atoms with E-state index in [2.05, 4.69) is 4.98 Å². The molecule has 1 radical (unpaired) electrons. The molecule has 0 unspecified atom stereocenters. The van der Waals surface area contributed by atoms with Crippen LogP contribution >= 0.6 is 0 Å². The molecular formula is C6H4FN2O. The number of carbonyl (C=O) groups excluding carboxylic acids is 1. The van der Waals surface area contributed by atoms with Crippen LogP contribution in [0.3, 0.4) is 0 Å². The maximum absolute atomic E-state index is 12.4. The quantitative estimate of drug-likeness (QED) is 0.484. The minimum atomic E-state index is -0.703. The van der Waals surface area contributed by atoms with Gasteiger partial charge in [0.1, 0.15) is 0 Å². The Kier molecular flexibility index (Phi) is 1.94. The van der Waals surface area contributed by atoms with Crippen LogP contribution in [0.4, 0.5) is 10.1 Å². The molecule has 1 aromatic heterocycles. The van der Waals surface area contributed by atoms with Gasteiger partial charge in [-0.25, -0.2) is 4.98 Å². The molecule has 1 amide bonds. The molecule has 1 heterocycles. The molecule has 0 aliphatic carbocycles. The van der Waals surface area contributed by atoms with Crippen LogP contribution in [-0.4, -0.2) is 11.4 Å². The third kappa shape index (κ3) is 1.28. The second-order valence-corrected chi connectivity index (χ2v) is 1.57. The maximum Gasteiger partial charge on any atom is 0.314 e. The van der Waals surface area contributed by atoms with Gasteiger partial charge in [-0.1, -0.05) is 0 Å². The minimum absolute atomic E-state index is 0.0394. The summed E-state index contributed by atoms with van der Waals surface area (Å²) in [6.45, 7) is 0. The number of amides is 1. The van der Waals surface area contributed by atoms with Crippen molar-refractivity contribution >= 4 is 12.1 Å². The summed E-state index contributed by atoms with van der Waals surface area (Å²) in [5.74, 6) is -0.703. The molecule has 0 aliphatic heterocycles. The van der Waals surface area contributed by atoms with E-state index in [1.54, 1.807) is 0 Å². The van der Waals surface area contributed by atoms with Crippen molar-refractivity contribution < 1.29 is 9.18 Å². The van der Waals surface area contributed by atoms with Gasteiger partial charge in [0.25, 0.3) is 0 Å². The van der Waals surface area contributed by atoms with Gasteiger partial charge in [0, 0.05) is 6.20 Å². The van der Waals surface area contributed by atoms with Crippen molar-refractivity contribution in [1.82, 2.24) is 4.98 Å².